The summed E-state index contributed by atoms with van der Waals surface area (Å²) in [6.45, 7) is 4.83. The van der Waals surface area contributed by atoms with Crippen LogP contribution in [0.3, 0.4) is 0 Å². The SMILES string of the molecule is CNS(=O)(=O)c1cc(C(=O)N2C[C@H](C)O[C@@H](C)C2)n(C)c1. The van der Waals surface area contributed by atoms with Crippen molar-refractivity contribution in [2.45, 2.75) is 31.0 Å². The molecule has 0 aliphatic carbocycles. The van der Waals surface area contributed by atoms with Gasteiger partial charge in [-0.3, -0.25) is 4.79 Å². The Morgan fingerprint density at radius 3 is 2.43 bits per heavy atom. The first-order valence-corrected chi connectivity index (χ1v) is 8.27. The number of hydrogen-bond donors (Lipinski definition) is 1. The van der Waals surface area contributed by atoms with Gasteiger partial charge >= 0.3 is 0 Å². The molecule has 118 valence electrons. The molecule has 7 nitrogen and oxygen atoms in total. The van der Waals surface area contributed by atoms with Gasteiger partial charge in [-0.25, -0.2) is 13.1 Å². The van der Waals surface area contributed by atoms with Crippen LogP contribution in [-0.2, 0) is 21.8 Å². The number of ether oxygens (including phenoxy) is 1. The molecule has 0 aromatic carbocycles. The highest BCUT2D eigenvalue weighted by Gasteiger charge is 2.29. The molecule has 0 saturated carbocycles. The van der Waals surface area contributed by atoms with E-state index in [1.165, 1.54) is 23.9 Å². The zero-order valence-corrected chi connectivity index (χ0v) is 13.5. The Labute approximate surface area is 124 Å². The minimum Gasteiger partial charge on any atom is -0.372 e. The zero-order chi connectivity index (χ0) is 15.8. The van der Waals surface area contributed by atoms with Crippen molar-refractivity contribution in [2.24, 2.45) is 7.05 Å². The van der Waals surface area contributed by atoms with E-state index in [-0.39, 0.29) is 23.0 Å². The Balaban J connectivity index is 2.28. The average Bonchev–Trinajstić information content (AvgIpc) is 2.79. The number of aromatic nitrogens is 1. The number of carbonyl (C=O) groups excluding carboxylic acids is 1. The third-order valence-corrected chi connectivity index (χ3v) is 4.87. The Morgan fingerprint density at radius 1 is 1.33 bits per heavy atom. The van der Waals surface area contributed by atoms with E-state index in [0.29, 0.717) is 18.8 Å². The molecule has 1 saturated heterocycles. The lowest BCUT2D eigenvalue weighted by Crippen LogP contribution is -2.48. The third-order valence-electron chi connectivity index (χ3n) is 3.48. The first-order valence-electron chi connectivity index (χ1n) is 6.79. The highest BCUT2D eigenvalue weighted by atomic mass is 32.2. The molecule has 2 heterocycles. The number of aryl methyl sites for hydroxylation is 1. The van der Waals surface area contributed by atoms with Crippen LogP contribution in [0.1, 0.15) is 24.3 Å². The van der Waals surface area contributed by atoms with Gasteiger partial charge in [-0.15, -0.1) is 0 Å². The van der Waals surface area contributed by atoms with Crippen molar-refractivity contribution >= 4 is 15.9 Å². The molecule has 0 bridgehead atoms. The molecule has 1 N–H and O–H groups in total. The highest BCUT2D eigenvalue weighted by Crippen LogP contribution is 2.18. The second-order valence-electron chi connectivity index (χ2n) is 5.35. The van der Waals surface area contributed by atoms with Crippen LogP contribution in [0, 0.1) is 0 Å². The molecule has 1 amide bonds. The normalized spacial score (nSPS) is 23.3. The Morgan fingerprint density at radius 2 is 1.90 bits per heavy atom. The topological polar surface area (TPSA) is 80.6 Å². The van der Waals surface area contributed by atoms with E-state index in [0.717, 1.165) is 0 Å². The van der Waals surface area contributed by atoms with E-state index in [1.54, 1.807) is 11.9 Å². The average molecular weight is 315 g/mol. The Hall–Kier alpha value is -1.38. The molecule has 0 spiro atoms. The second-order valence-corrected chi connectivity index (χ2v) is 7.23. The molecule has 21 heavy (non-hydrogen) atoms. The van der Waals surface area contributed by atoms with Gasteiger partial charge in [-0.1, -0.05) is 0 Å². The molecule has 0 radical (unpaired) electrons. The molecule has 2 atom stereocenters. The van der Waals surface area contributed by atoms with Crippen molar-refractivity contribution in [2.75, 3.05) is 20.1 Å². The van der Waals surface area contributed by atoms with Crippen LogP contribution in [0.5, 0.6) is 0 Å². The maximum atomic E-state index is 12.6. The summed E-state index contributed by atoms with van der Waals surface area (Å²) in [5, 5.41) is 0. The predicted molar refractivity (Wildman–Crippen MR) is 77.6 cm³/mol. The predicted octanol–water partition coefficient (Wildman–Crippen LogP) is 0.183. The van der Waals surface area contributed by atoms with Crippen LogP contribution in [0.15, 0.2) is 17.2 Å². The van der Waals surface area contributed by atoms with Crippen LogP contribution in [0.2, 0.25) is 0 Å². The molecule has 1 aliphatic heterocycles. The summed E-state index contributed by atoms with van der Waals surface area (Å²) >= 11 is 0. The van der Waals surface area contributed by atoms with E-state index in [1.807, 2.05) is 13.8 Å². The first kappa shape index (κ1) is 16.0. The summed E-state index contributed by atoms with van der Waals surface area (Å²) in [6.07, 6.45) is 1.38. The minimum atomic E-state index is -3.55. The Bertz CT molecular complexity index is 628. The van der Waals surface area contributed by atoms with Crippen molar-refractivity contribution in [1.29, 1.82) is 0 Å². The summed E-state index contributed by atoms with van der Waals surface area (Å²) in [5.74, 6) is -0.183. The van der Waals surface area contributed by atoms with Crippen LogP contribution in [0.25, 0.3) is 0 Å². The quantitative estimate of drug-likeness (QED) is 0.863. The lowest BCUT2D eigenvalue weighted by Gasteiger charge is -2.35. The lowest BCUT2D eigenvalue weighted by atomic mass is 10.2. The Kier molecular flexibility index (Phi) is 4.40. The molecule has 0 unspecified atom stereocenters. The van der Waals surface area contributed by atoms with E-state index >= 15 is 0 Å². The van der Waals surface area contributed by atoms with Gasteiger partial charge in [0, 0.05) is 26.3 Å². The van der Waals surface area contributed by atoms with Crippen molar-refractivity contribution < 1.29 is 17.9 Å². The van der Waals surface area contributed by atoms with E-state index in [4.69, 9.17) is 4.74 Å². The number of rotatable bonds is 3. The van der Waals surface area contributed by atoms with E-state index in [2.05, 4.69) is 4.72 Å². The van der Waals surface area contributed by atoms with Crippen LogP contribution < -0.4 is 4.72 Å². The molecule has 1 aromatic heterocycles. The summed E-state index contributed by atoms with van der Waals surface area (Å²) in [7, 11) is -0.548. The molecule has 1 fully saturated rings. The van der Waals surface area contributed by atoms with E-state index in [9.17, 15) is 13.2 Å². The van der Waals surface area contributed by atoms with Gasteiger partial charge in [0.05, 0.1) is 12.2 Å². The maximum absolute atomic E-state index is 12.6. The number of hydrogen-bond acceptors (Lipinski definition) is 4. The van der Waals surface area contributed by atoms with E-state index < -0.39 is 10.0 Å². The van der Waals surface area contributed by atoms with Gasteiger partial charge in [-0.05, 0) is 27.0 Å². The van der Waals surface area contributed by atoms with Gasteiger partial charge < -0.3 is 14.2 Å². The summed E-state index contributed by atoms with van der Waals surface area (Å²) in [6, 6.07) is 1.40. The fourth-order valence-electron chi connectivity index (χ4n) is 2.52. The van der Waals surface area contributed by atoms with Gasteiger partial charge in [-0.2, -0.15) is 0 Å². The number of carbonyl (C=O) groups is 1. The third kappa shape index (κ3) is 3.28. The van der Waals surface area contributed by atoms with Gasteiger partial charge in [0.15, 0.2) is 0 Å². The number of amides is 1. The molecular formula is C13H21N3O4S. The molecule has 1 aromatic rings. The standard InChI is InChI=1S/C13H21N3O4S/c1-9-6-16(7-10(2)20-9)13(17)12-5-11(8-15(12)4)21(18,19)14-3/h5,8-10,14H,6-7H2,1-4H3/t9-,10-/m0/s1. The van der Waals surface area contributed by atoms with Crippen molar-refractivity contribution in [3.05, 3.63) is 18.0 Å². The van der Waals surface area contributed by atoms with Gasteiger partial charge in [0.1, 0.15) is 10.6 Å². The lowest BCUT2D eigenvalue weighted by molar-refractivity contribution is -0.0588. The number of nitrogens with one attached hydrogen (secondary N) is 1. The van der Waals surface area contributed by atoms with Crippen molar-refractivity contribution in [3.8, 4) is 0 Å². The second kappa shape index (κ2) is 5.78. The fourth-order valence-corrected chi connectivity index (χ4v) is 3.32. The fraction of sp³-hybridized carbons (Fsp3) is 0.615. The van der Waals surface area contributed by atoms with Crippen molar-refractivity contribution in [1.82, 2.24) is 14.2 Å². The molecule has 2 rings (SSSR count). The van der Waals surface area contributed by atoms with Crippen LogP contribution in [0.4, 0.5) is 0 Å². The molecule has 1 aliphatic rings. The zero-order valence-electron chi connectivity index (χ0n) is 12.7. The monoisotopic (exact) mass is 315 g/mol. The van der Waals surface area contributed by atoms with Crippen molar-refractivity contribution in [3.63, 3.8) is 0 Å². The number of nitrogens with zero attached hydrogens (tertiary/aromatic N) is 2. The highest BCUT2D eigenvalue weighted by molar-refractivity contribution is 7.89. The number of sulfonamides is 1. The van der Waals surface area contributed by atoms with Crippen LogP contribution in [-0.4, -0.2) is 56.1 Å². The maximum Gasteiger partial charge on any atom is 0.270 e. The molecular weight excluding hydrogens is 294 g/mol. The first-order chi connectivity index (χ1) is 9.74. The van der Waals surface area contributed by atoms with Crippen LogP contribution >= 0.6 is 0 Å². The molecule has 8 heteroatoms. The summed E-state index contributed by atoms with van der Waals surface area (Å²) < 4.78 is 33.0. The number of morpholine rings is 1. The summed E-state index contributed by atoms with van der Waals surface area (Å²) in [5.41, 5.74) is 0.352. The van der Waals surface area contributed by atoms with Gasteiger partial charge in [0.25, 0.3) is 5.91 Å². The minimum absolute atomic E-state index is 0.0292. The summed E-state index contributed by atoms with van der Waals surface area (Å²) in [4.78, 5) is 14.4. The largest absolute Gasteiger partial charge is 0.372 e. The smallest absolute Gasteiger partial charge is 0.270 e. The van der Waals surface area contributed by atoms with Gasteiger partial charge in [0.2, 0.25) is 10.0 Å².